The van der Waals surface area contributed by atoms with Crippen molar-refractivity contribution in [3.8, 4) is 5.88 Å². The Morgan fingerprint density at radius 2 is 1.55 bits per heavy atom. The molecule has 2 aromatic carbocycles. The minimum absolute atomic E-state index is 0.496. The number of anilines is 4. The maximum absolute atomic E-state index is 5.09. The Morgan fingerprint density at radius 3 is 2.32 bits per heavy atom. The van der Waals surface area contributed by atoms with Crippen LogP contribution in [0.25, 0.3) is 0 Å². The molecule has 0 aliphatic heterocycles. The summed E-state index contributed by atoms with van der Waals surface area (Å²) in [6.45, 7) is 0. The van der Waals surface area contributed by atoms with Crippen LogP contribution >= 0.6 is 0 Å². The van der Waals surface area contributed by atoms with E-state index in [0.29, 0.717) is 11.8 Å². The van der Waals surface area contributed by atoms with E-state index in [4.69, 9.17) is 4.74 Å². The summed E-state index contributed by atoms with van der Waals surface area (Å²) in [6, 6.07) is 19.6. The second kappa shape index (κ2) is 6.58. The lowest BCUT2D eigenvalue weighted by molar-refractivity contribution is 0.397. The molecular weight excluding hydrogens is 276 g/mol. The highest BCUT2D eigenvalue weighted by atomic mass is 16.5. The molecule has 5 heteroatoms. The van der Waals surface area contributed by atoms with Gasteiger partial charge in [-0.3, -0.25) is 0 Å². The van der Waals surface area contributed by atoms with Crippen molar-refractivity contribution in [1.29, 1.82) is 0 Å². The maximum Gasteiger partial charge on any atom is 0.230 e. The molecule has 22 heavy (non-hydrogen) atoms. The summed E-state index contributed by atoms with van der Waals surface area (Å²) in [4.78, 5) is 8.41. The number of ether oxygens (including phenoxy) is 1. The van der Waals surface area contributed by atoms with Crippen LogP contribution in [0.15, 0.2) is 66.9 Å². The Labute approximate surface area is 129 Å². The highest BCUT2D eigenvalue weighted by Crippen LogP contribution is 2.22. The fourth-order valence-electron chi connectivity index (χ4n) is 2.01. The predicted molar refractivity (Wildman–Crippen MR) is 88.0 cm³/mol. The molecule has 3 rings (SSSR count). The molecule has 0 amide bonds. The lowest BCUT2D eigenvalue weighted by Gasteiger charge is -2.09. The van der Waals surface area contributed by atoms with Crippen molar-refractivity contribution in [2.45, 2.75) is 0 Å². The molecule has 0 saturated heterocycles. The zero-order chi connectivity index (χ0) is 15.2. The smallest absolute Gasteiger partial charge is 0.230 e. The molecule has 5 nitrogen and oxygen atoms in total. The molecule has 0 fully saturated rings. The van der Waals surface area contributed by atoms with Gasteiger partial charge < -0.3 is 15.4 Å². The summed E-state index contributed by atoms with van der Waals surface area (Å²) in [5, 5.41) is 6.51. The minimum Gasteiger partial charge on any atom is -0.481 e. The van der Waals surface area contributed by atoms with Crippen LogP contribution in [0.1, 0.15) is 0 Å². The van der Waals surface area contributed by atoms with Crippen molar-refractivity contribution in [3.63, 3.8) is 0 Å². The van der Waals surface area contributed by atoms with Gasteiger partial charge in [0, 0.05) is 29.3 Å². The van der Waals surface area contributed by atoms with Crippen molar-refractivity contribution in [2.75, 3.05) is 17.7 Å². The van der Waals surface area contributed by atoms with E-state index in [1.54, 1.807) is 19.4 Å². The molecule has 0 unspecified atom stereocenters. The van der Waals surface area contributed by atoms with E-state index in [0.717, 1.165) is 17.1 Å². The lowest BCUT2D eigenvalue weighted by Crippen LogP contribution is -1.99. The number of nitrogens with zero attached hydrogens (tertiary/aromatic N) is 2. The van der Waals surface area contributed by atoms with E-state index in [1.807, 2.05) is 54.6 Å². The van der Waals surface area contributed by atoms with Crippen LogP contribution in [-0.2, 0) is 0 Å². The minimum atomic E-state index is 0.496. The highest BCUT2D eigenvalue weighted by Gasteiger charge is 2.01. The third kappa shape index (κ3) is 3.52. The molecule has 3 aromatic rings. The first-order valence-corrected chi connectivity index (χ1v) is 6.90. The number of hydrogen-bond donors (Lipinski definition) is 2. The second-order valence-corrected chi connectivity index (χ2v) is 4.62. The fourth-order valence-corrected chi connectivity index (χ4v) is 2.01. The third-order valence-corrected chi connectivity index (χ3v) is 3.02. The average Bonchev–Trinajstić information content (AvgIpc) is 2.56. The molecule has 0 bridgehead atoms. The summed E-state index contributed by atoms with van der Waals surface area (Å²) < 4.78 is 5.09. The van der Waals surface area contributed by atoms with Crippen LogP contribution < -0.4 is 15.4 Å². The first-order chi connectivity index (χ1) is 10.8. The molecule has 0 saturated carbocycles. The van der Waals surface area contributed by atoms with E-state index in [9.17, 15) is 0 Å². The first kappa shape index (κ1) is 13.9. The molecule has 1 aromatic heterocycles. The topological polar surface area (TPSA) is 59.1 Å². The summed E-state index contributed by atoms with van der Waals surface area (Å²) >= 11 is 0. The van der Waals surface area contributed by atoms with Gasteiger partial charge in [-0.2, -0.15) is 4.98 Å². The Morgan fingerprint density at radius 1 is 0.818 bits per heavy atom. The van der Waals surface area contributed by atoms with E-state index in [-0.39, 0.29) is 0 Å². The van der Waals surface area contributed by atoms with Gasteiger partial charge in [0.2, 0.25) is 11.8 Å². The number of rotatable bonds is 5. The summed E-state index contributed by atoms with van der Waals surface area (Å²) in [5.41, 5.74) is 2.92. The number of aromatic nitrogens is 2. The van der Waals surface area contributed by atoms with Crippen LogP contribution in [0.5, 0.6) is 5.88 Å². The van der Waals surface area contributed by atoms with E-state index in [2.05, 4.69) is 20.6 Å². The zero-order valence-corrected chi connectivity index (χ0v) is 12.2. The number of methoxy groups -OCH3 is 1. The summed E-state index contributed by atoms with van der Waals surface area (Å²) in [7, 11) is 1.58. The van der Waals surface area contributed by atoms with Crippen molar-refractivity contribution in [3.05, 3.63) is 66.9 Å². The van der Waals surface area contributed by atoms with Gasteiger partial charge in [0.1, 0.15) is 0 Å². The molecule has 0 atom stereocenters. The standard InChI is InChI=1S/C17H16N4O/c1-22-16-10-11-18-17(21-16)20-15-9-5-8-14(12-15)19-13-6-3-2-4-7-13/h2-12,19H,1H3,(H,18,20,21). The lowest BCUT2D eigenvalue weighted by atomic mass is 10.2. The Kier molecular flexibility index (Phi) is 4.15. The highest BCUT2D eigenvalue weighted by molar-refractivity contribution is 5.66. The molecule has 1 heterocycles. The molecule has 0 aliphatic carbocycles. The molecular formula is C17H16N4O. The molecule has 110 valence electrons. The second-order valence-electron chi connectivity index (χ2n) is 4.62. The van der Waals surface area contributed by atoms with Crippen molar-refractivity contribution >= 4 is 23.0 Å². The molecule has 0 aliphatic rings. The Hall–Kier alpha value is -3.08. The van der Waals surface area contributed by atoms with Gasteiger partial charge >= 0.3 is 0 Å². The average molecular weight is 292 g/mol. The van der Waals surface area contributed by atoms with Gasteiger partial charge in [-0.15, -0.1) is 0 Å². The maximum atomic E-state index is 5.09. The van der Waals surface area contributed by atoms with Gasteiger partial charge in [0.25, 0.3) is 0 Å². The van der Waals surface area contributed by atoms with Crippen molar-refractivity contribution in [2.24, 2.45) is 0 Å². The van der Waals surface area contributed by atoms with Gasteiger partial charge in [0.05, 0.1) is 7.11 Å². The number of nitrogens with one attached hydrogen (secondary N) is 2. The van der Waals surface area contributed by atoms with Crippen molar-refractivity contribution in [1.82, 2.24) is 9.97 Å². The van der Waals surface area contributed by atoms with E-state index >= 15 is 0 Å². The fraction of sp³-hybridized carbons (Fsp3) is 0.0588. The van der Waals surface area contributed by atoms with Crippen LogP contribution in [0.3, 0.4) is 0 Å². The summed E-state index contributed by atoms with van der Waals surface area (Å²) in [6.07, 6.45) is 1.65. The van der Waals surface area contributed by atoms with Crippen LogP contribution in [0.2, 0.25) is 0 Å². The van der Waals surface area contributed by atoms with Crippen LogP contribution in [0, 0.1) is 0 Å². The Balaban J connectivity index is 1.76. The Bertz CT molecular complexity index is 746. The number of para-hydroxylation sites is 1. The van der Waals surface area contributed by atoms with Crippen LogP contribution in [-0.4, -0.2) is 17.1 Å². The number of hydrogen-bond acceptors (Lipinski definition) is 5. The first-order valence-electron chi connectivity index (χ1n) is 6.90. The van der Waals surface area contributed by atoms with Gasteiger partial charge in [0.15, 0.2) is 0 Å². The quantitative estimate of drug-likeness (QED) is 0.745. The molecule has 0 radical (unpaired) electrons. The predicted octanol–water partition coefficient (Wildman–Crippen LogP) is 3.97. The van der Waals surface area contributed by atoms with Gasteiger partial charge in [-0.1, -0.05) is 24.3 Å². The molecule has 0 spiro atoms. The number of benzene rings is 2. The van der Waals surface area contributed by atoms with E-state index < -0.39 is 0 Å². The van der Waals surface area contributed by atoms with E-state index in [1.165, 1.54) is 0 Å². The monoisotopic (exact) mass is 292 g/mol. The largest absolute Gasteiger partial charge is 0.481 e. The van der Waals surface area contributed by atoms with Crippen molar-refractivity contribution < 1.29 is 4.74 Å². The summed E-state index contributed by atoms with van der Waals surface area (Å²) in [5.74, 6) is 1.02. The SMILES string of the molecule is COc1ccnc(Nc2cccc(Nc3ccccc3)c2)n1. The third-order valence-electron chi connectivity index (χ3n) is 3.02. The van der Waals surface area contributed by atoms with Gasteiger partial charge in [-0.25, -0.2) is 4.98 Å². The molecule has 2 N–H and O–H groups in total. The van der Waals surface area contributed by atoms with Crippen LogP contribution in [0.4, 0.5) is 23.0 Å². The van der Waals surface area contributed by atoms with Gasteiger partial charge in [-0.05, 0) is 30.3 Å². The normalized spacial score (nSPS) is 10.0. The zero-order valence-electron chi connectivity index (χ0n) is 12.2.